The lowest BCUT2D eigenvalue weighted by molar-refractivity contribution is 0.176. The van der Waals surface area contributed by atoms with E-state index in [1.807, 2.05) is 30.3 Å². The van der Waals surface area contributed by atoms with Crippen LogP contribution in [0.2, 0.25) is 10.0 Å². The highest BCUT2D eigenvalue weighted by Gasteiger charge is 2.25. The zero-order valence-electron chi connectivity index (χ0n) is 16.5. The molecule has 4 nitrogen and oxygen atoms in total. The second kappa shape index (κ2) is 8.31. The highest BCUT2D eigenvalue weighted by Crippen LogP contribution is 2.36. The number of nitrogens with one attached hydrogen (secondary N) is 1. The van der Waals surface area contributed by atoms with Gasteiger partial charge in [0.2, 0.25) is 0 Å². The number of nitrogens with zero attached hydrogens (tertiary/aromatic N) is 3. The van der Waals surface area contributed by atoms with Crippen molar-refractivity contribution in [2.24, 2.45) is 4.99 Å². The molecular weight excluding hydrogens is 415 g/mol. The molecule has 0 amide bonds. The molecule has 0 saturated carbocycles. The molecule has 1 fully saturated rings. The van der Waals surface area contributed by atoms with Gasteiger partial charge in [0.25, 0.3) is 0 Å². The van der Waals surface area contributed by atoms with Gasteiger partial charge in [-0.3, -0.25) is 4.90 Å². The Balaban J connectivity index is 1.38. The number of para-hydroxylation sites is 1. The van der Waals surface area contributed by atoms with Gasteiger partial charge in [0.05, 0.1) is 11.4 Å². The number of anilines is 2. The Morgan fingerprint density at radius 3 is 2.33 bits per heavy atom. The summed E-state index contributed by atoms with van der Waals surface area (Å²) in [6, 6.07) is 22.3. The van der Waals surface area contributed by atoms with Gasteiger partial charge < -0.3 is 10.2 Å². The van der Waals surface area contributed by atoms with Gasteiger partial charge in [-0.2, -0.15) is 0 Å². The molecule has 0 spiro atoms. The molecule has 3 aromatic carbocycles. The first kappa shape index (κ1) is 19.4. The Kier molecular flexibility index (Phi) is 5.38. The fraction of sp³-hybridized carbons (Fsp3) is 0.208. The molecule has 5 rings (SSSR count). The maximum Gasteiger partial charge on any atom is 0.138 e. The molecule has 1 N–H and O–H groups in total. The van der Waals surface area contributed by atoms with E-state index in [1.165, 1.54) is 5.56 Å². The quantitative estimate of drug-likeness (QED) is 0.538. The first-order valence-electron chi connectivity index (χ1n) is 10.1. The standard InChI is InChI=1S/C24H22Cl2N4/c25-18-7-5-17(6-8-18)16-29-11-13-30(14-12-29)24-20-3-1-2-4-21(20)27-22-10-9-19(26)15-23(22)28-24/h1-10,15,27H,11-14,16H2. The molecule has 6 heteroatoms. The molecule has 2 aliphatic rings. The maximum absolute atomic E-state index is 6.26. The van der Waals surface area contributed by atoms with E-state index in [2.05, 4.69) is 51.5 Å². The number of hydrogen-bond donors (Lipinski definition) is 1. The molecule has 0 aromatic heterocycles. The van der Waals surface area contributed by atoms with Gasteiger partial charge in [0.15, 0.2) is 0 Å². The minimum Gasteiger partial charge on any atom is -0.353 e. The van der Waals surface area contributed by atoms with Crippen LogP contribution in [0.15, 0.2) is 71.7 Å². The summed E-state index contributed by atoms with van der Waals surface area (Å²) in [5, 5.41) is 5.00. The van der Waals surface area contributed by atoms with Crippen LogP contribution < -0.4 is 5.32 Å². The van der Waals surface area contributed by atoms with Crippen molar-refractivity contribution >= 4 is 46.1 Å². The lowest BCUT2D eigenvalue weighted by atomic mass is 10.1. The third-order valence-corrected chi connectivity index (χ3v) is 6.10. The topological polar surface area (TPSA) is 30.9 Å². The van der Waals surface area contributed by atoms with Crippen LogP contribution in [-0.2, 0) is 6.54 Å². The molecule has 0 atom stereocenters. The van der Waals surface area contributed by atoms with Crippen LogP contribution in [0.25, 0.3) is 0 Å². The van der Waals surface area contributed by atoms with Gasteiger partial charge in [-0.05, 0) is 48.0 Å². The van der Waals surface area contributed by atoms with E-state index in [9.17, 15) is 0 Å². The SMILES string of the molecule is Clc1ccc(CN2CCN(C3=Nc4cc(Cl)ccc4Nc4ccccc43)CC2)cc1. The van der Waals surface area contributed by atoms with Crippen molar-refractivity contribution in [3.8, 4) is 0 Å². The van der Waals surface area contributed by atoms with E-state index in [4.69, 9.17) is 28.2 Å². The van der Waals surface area contributed by atoms with E-state index in [0.29, 0.717) is 5.02 Å². The summed E-state index contributed by atoms with van der Waals surface area (Å²) in [5.74, 6) is 1.00. The Bertz CT molecular complexity index is 1090. The van der Waals surface area contributed by atoms with Crippen LogP contribution in [0.3, 0.4) is 0 Å². The highest BCUT2D eigenvalue weighted by atomic mass is 35.5. The summed E-state index contributed by atoms with van der Waals surface area (Å²) in [6.45, 7) is 4.76. The smallest absolute Gasteiger partial charge is 0.138 e. The van der Waals surface area contributed by atoms with Crippen LogP contribution in [0, 0.1) is 0 Å². The normalized spacial score (nSPS) is 16.2. The van der Waals surface area contributed by atoms with Gasteiger partial charge in [-0.1, -0.05) is 47.5 Å². The molecule has 3 aromatic rings. The lowest BCUT2D eigenvalue weighted by Gasteiger charge is -2.36. The van der Waals surface area contributed by atoms with Gasteiger partial charge >= 0.3 is 0 Å². The Labute approximate surface area is 186 Å². The fourth-order valence-electron chi connectivity index (χ4n) is 4.02. The van der Waals surface area contributed by atoms with Gasteiger partial charge in [0, 0.05) is 54.0 Å². The summed E-state index contributed by atoms with van der Waals surface area (Å²) in [5.41, 5.74) is 5.33. The molecule has 2 aliphatic heterocycles. The van der Waals surface area contributed by atoms with Crippen LogP contribution in [0.4, 0.5) is 17.1 Å². The number of benzene rings is 3. The zero-order valence-corrected chi connectivity index (χ0v) is 18.0. The molecule has 2 heterocycles. The van der Waals surface area contributed by atoms with Crippen molar-refractivity contribution in [2.75, 3.05) is 31.5 Å². The van der Waals surface area contributed by atoms with Gasteiger partial charge in [-0.25, -0.2) is 4.99 Å². The van der Waals surface area contributed by atoms with E-state index in [-0.39, 0.29) is 0 Å². The number of halogens is 2. The van der Waals surface area contributed by atoms with Gasteiger partial charge in [-0.15, -0.1) is 0 Å². The largest absolute Gasteiger partial charge is 0.353 e. The molecule has 152 valence electrons. The second-order valence-electron chi connectivity index (χ2n) is 7.66. The van der Waals surface area contributed by atoms with E-state index < -0.39 is 0 Å². The van der Waals surface area contributed by atoms with Crippen molar-refractivity contribution in [1.82, 2.24) is 9.80 Å². The van der Waals surface area contributed by atoms with Gasteiger partial charge in [0.1, 0.15) is 5.84 Å². The highest BCUT2D eigenvalue weighted by molar-refractivity contribution is 6.31. The molecule has 30 heavy (non-hydrogen) atoms. The minimum atomic E-state index is 0.692. The number of fused-ring (bicyclic) bond motifs is 2. The average molecular weight is 437 g/mol. The summed E-state index contributed by atoms with van der Waals surface area (Å²) < 4.78 is 0. The number of hydrogen-bond acceptors (Lipinski definition) is 4. The van der Waals surface area contributed by atoms with Crippen LogP contribution in [-0.4, -0.2) is 41.8 Å². The van der Waals surface area contributed by atoms with E-state index >= 15 is 0 Å². The first-order valence-corrected chi connectivity index (χ1v) is 10.9. The first-order chi connectivity index (χ1) is 14.7. The minimum absolute atomic E-state index is 0.692. The van der Waals surface area contributed by atoms with Crippen LogP contribution >= 0.6 is 23.2 Å². The van der Waals surface area contributed by atoms with Crippen molar-refractivity contribution < 1.29 is 0 Å². The molecule has 0 bridgehead atoms. The van der Waals surface area contributed by atoms with Crippen molar-refractivity contribution in [2.45, 2.75) is 6.54 Å². The van der Waals surface area contributed by atoms with Crippen molar-refractivity contribution in [1.29, 1.82) is 0 Å². The number of amidine groups is 1. The van der Waals surface area contributed by atoms with Crippen LogP contribution in [0.5, 0.6) is 0 Å². The zero-order chi connectivity index (χ0) is 20.5. The summed E-state index contributed by atoms with van der Waals surface area (Å²) >= 11 is 12.3. The fourth-order valence-corrected chi connectivity index (χ4v) is 4.31. The maximum atomic E-state index is 6.26. The Morgan fingerprint density at radius 2 is 1.53 bits per heavy atom. The summed E-state index contributed by atoms with van der Waals surface area (Å²) in [7, 11) is 0. The van der Waals surface area contributed by atoms with Crippen LogP contribution in [0.1, 0.15) is 11.1 Å². The number of aliphatic imine (C=N–C) groups is 1. The molecule has 0 aliphatic carbocycles. The third-order valence-electron chi connectivity index (χ3n) is 5.61. The number of piperazine rings is 1. The molecular formula is C24H22Cl2N4. The van der Waals surface area contributed by atoms with Crippen molar-refractivity contribution in [3.05, 3.63) is 87.9 Å². The van der Waals surface area contributed by atoms with E-state index in [0.717, 1.165) is 66.2 Å². The molecule has 0 radical (unpaired) electrons. The molecule has 0 unspecified atom stereocenters. The summed E-state index contributed by atoms with van der Waals surface area (Å²) in [4.78, 5) is 9.91. The predicted octanol–water partition coefficient (Wildman–Crippen LogP) is 5.95. The third kappa shape index (κ3) is 4.04. The summed E-state index contributed by atoms with van der Waals surface area (Å²) in [6.07, 6.45) is 0. The average Bonchev–Trinajstić information content (AvgIpc) is 2.92. The monoisotopic (exact) mass is 436 g/mol. The number of rotatable bonds is 2. The predicted molar refractivity (Wildman–Crippen MR) is 126 cm³/mol. The lowest BCUT2D eigenvalue weighted by Crippen LogP contribution is -2.48. The Hall–Kier alpha value is -2.53. The van der Waals surface area contributed by atoms with E-state index in [1.54, 1.807) is 0 Å². The molecule has 1 saturated heterocycles. The second-order valence-corrected chi connectivity index (χ2v) is 8.53. The van der Waals surface area contributed by atoms with Crippen molar-refractivity contribution in [3.63, 3.8) is 0 Å². The Morgan fingerprint density at radius 1 is 0.800 bits per heavy atom.